The fraction of sp³-hybridized carbons (Fsp3) is 0.438. The molecule has 3 rings (SSSR count). The first kappa shape index (κ1) is 15.0. The van der Waals surface area contributed by atoms with Crippen LogP contribution in [0.15, 0.2) is 18.2 Å². The summed E-state index contributed by atoms with van der Waals surface area (Å²) in [6.45, 7) is 4.63. The fourth-order valence-electron chi connectivity index (χ4n) is 2.34. The highest BCUT2D eigenvalue weighted by Gasteiger charge is 2.14. The van der Waals surface area contributed by atoms with Gasteiger partial charge in [0.15, 0.2) is 5.01 Å². The summed E-state index contributed by atoms with van der Waals surface area (Å²) in [6, 6.07) is 5.80. The second-order valence-corrected chi connectivity index (χ2v) is 6.79. The van der Waals surface area contributed by atoms with E-state index in [1.165, 1.54) is 0 Å². The zero-order valence-corrected chi connectivity index (χ0v) is 13.6. The van der Waals surface area contributed by atoms with Gasteiger partial charge in [-0.1, -0.05) is 25.2 Å². The van der Waals surface area contributed by atoms with Crippen LogP contribution in [0.1, 0.15) is 48.2 Å². The molecule has 0 spiro atoms. The molecular weight excluding hydrogens is 298 g/mol. The van der Waals surface area contributed by atoms with Crippen LogP contribution in [-0.2, 0) is 17.8 Å². The molecule has 0 unspecified atom stereocenters. The summed E-state index contributed by atoms with van der Waals surface area (Å²) in [4.78, 5) is 11.5. The van der Waals surface area contributed by atoms with Crippen molar-refractivity contribution in [2.75, 3.05) is 5.32 Å². The number of carbonyl (C=O) groups excluding carboxylic acids is 1. The molecule has 0 aliphatic carbocycles. The minimum absolute atomic E-state index is 0.0856. The molecule has 1 aromatic carbocycles. The first-order chi connectivity index (χ1) is 10.6. The summed E-state index contributed by atoms with van der Waals surface area (Å²) in [5, 5.41) is 13.1. The van der Waals surface area contributed by atoms with Gasteiger partial charge in [0.2, 0.25) is 5.91 Å². The van der Waals surface area contributed by atoms with Gasteiger partial charge in [-0.05, 0) is 36.6 Å². The molecule has 2 heterocycles. The fourth-order valence-corrected chi connectivity index (χ4v) is 3.10. The predicted octanol–water partition coefficient (Wildman–Crippen LogP) is 3.52. The van der Waals surface area contributed by atoms with Crippen molar-refractivity contribution in [3.63, 3.8) is 0 Å². The van der Waals surface area contributed by atoms with Crippen molar-refractivity contribution in [1.29, 1.82) is 0 Å². The molecule has 2 aromatic rings. The molecule has 0 saturated carbocycles. The molecule has 1 aliphatic heterocycles. The molecule has 1 aromatic heterocycles. The third-order valence-corrected chi connectivity index (χ3v) is 4.74. The molecule has 0 bridgehead atoms. The van der Waals surface area contributed by atoms with Crippen LogP contribution in [0.4, 0.5) is 5.69 Å². The Kier molecular flexibility index (Phi) is 4.38. The lowest BCUT2D eigenvalue weighted by Gasteiger charge is -2.09. The van der Waals surface area contributed by atoms with E-state index >= 15 is 0 Å². The Morgan fingerprint density at radius 1 is 1.32 bits per heavy atom. The number of benzene rings is 1. The summed E-state index contributed by atoms with van der Waals surface area (Å²) in [7, 11) is 0. The predicted molar refractivity (Wildman–Crippen MR) is 86.3 cm³/mol. The molecule has 0 radical (unpaired) electrons. The van der Waals surface area contributed by atoms with E-state index in [-0.39, 0.29) is 5.91 Å². The number of fused-ring (bicyclic) bond motifs is 1. The third-order valence-electron chi connectivity index (χ3n) is 3.54. The Bertz CT molecular complexity index is 682. The standard InChI is InChI=1S/C16H19N3O2S/c1-10(2)16-19-18-15(22-16)9-21-12-6-7-13-11(8-12)4-3-5-14(20)17-13/h6-8,10H,3-5,9H2,1-2H3,(H,17,20). The monoisotopic (exact) mass is 317 g/mol. The van der Waals surface area contributed by atoms with Gasteiger partial charge in [-0.15, -0.1) is 10.2 Å². The van der Waals surface area contributed by atoms with Crippen molar-refractivity contribution < 1.29 is 9.53 Å². The number of hydrogen-bond acceptors (Lipinski definition) is 5. The van der Waals surface area contributed by atoms with Gasteiger partial charge >= 0.3 is 0 Å². The first-order valence-electron chi connectivity index (χ1n) is 7.49. The number of nitrogens with zero attached hydrogens (tertiary/aromatic N) is 2. The van der Waals surface area contributed by atoms with Gasteiger partial charge in [0, 0.05) is 18.0 Å². The zero-order valence-electron chi connectivity index (χ0n) is 12.8. The highest BCUT2D eigenvalue weighted by Crippen LogP contribution is 2.27. The molecule has 5 nitrogen and oxygen atoms in total. The number of aromatic nitrogens is 2. The maximum Gasteiger partial charge on any atom is 0.224 e. The molecule has 1 amide bonds. The molecule has 0 saturated heterocycles. The Morgan fingerprint density at radius 2 is 2.18 bits per heavy atom. The SMILES string of the molecule is CC(C)c1nnc(COc2ccc3c(c2)CCCC(=O)N3)s1. The lowest BCUT2D eigenvalue weighted by molar-refractivity contribution is -0.116. The van der Waals surface area contributed by atoms with Gasteiger partial charge < -0.3 is 10.1 Å². The number of rotatable bonds is 4. The summed E-state index contributed by atoms with van der Waals surface area (Å²) < 4.78 is 5.81. The Morgan fingerprint density at radius 3 is 2.95 bits per heavy atom. The van der Waals surface area contributed by atoms with Crippen LogP contribution in [0, 0.1) is 0 Å². The summed E-state index contributed by atoms with van der Waals surface area (Å²) in [5.41, 5.74) is 2.02. The lowest BCUT2D eigenvalue weighted by Crippen LogP contribution is -2.09. The summed E-state index contributed by atoms with van der Waals surface area (Å²) in [6.07, 6.45) is 2.34. The normalized spacial score (nSPS) is 14.4. The van der Waals surface area contributed by atoms with Crippen LogP contribution >= 0.6 is 11.3 Å². The van der Waals surface area contributed by atoms with Crippen LogP contribution in [-0.4, -0.2) is 16.1 Å². The van der Waals surface area contributed by atoms with Crippen molar-refractivity contribution in [2.45, 2.75) is 45.6 Å². The minimum atomic E-state index is 0.0856. The van der Waals surface area contributed by atoms with Crippen LogP contribution in [0.5, 0.6) is 5.75 Å². The Balaban J connectivity index is 1.68. The maximum absolute atomic E-state index is 11.5. The maximum atomic E-state index is 11.5. The van der Waals surface area contributed by atoms with Crippen molar-refractivity contribution in [3.8, 4) is 5.75 Å². The molecule has 6 heteroatoms. The van der Waals surface area contributed by atoms with E-state index in [1.807, 2.05) is 18.2 Å². The number of amides is 1. The van der Waals surface area contributed by atoms with Crippen molar-refractivity contribution in [1.82, 2.24) is 10.2 Å². The van der Waals surface area contributed by atoms with E-state index in [0.29, 0.717) is 18.9 Å². The van der Waals surface area contributed by atoms with Gasteiger partial charge in [-0.2, -0.15) is 0 Å². The van der Waals surface area contributed by atoms with E-state index in [1.54, 1.807) is 11.3 Å². The van der Waals surface area contributed by atoms with Crippen molar-refractivity contribution in [3.05, 3.63) is 33.8 Å². The third kappa shape index (κ3) is 3.44. The zero-order chi connectivity index (χ0) is 15.5. The van der Waals surface area contributed by atoms with Gasteiger partial charge in [0.1, 0.15) is 17.4 Å². The number of aryl methyl sites for hydroxylation is 1. The first-order valence-corrected chi connectivity index (χ1v) is 8.31. The number of hydrogen-bond donors (Lipinski definition) is 1. The van der Waals surface area contributed by atoms with Gasteiger partial charge in [-0.25, -0.2) is 0 Å². The van der Waals surface area contributed by atoms with Crippen molar-refractivity contribution in [2.24, 2.45) is 0 Å². The number of ether oxygens (including phenoxy) is 1. The van der Waals surface area contributed by atoms with E-state index in [9.17, 15) is 4.79 Å². The second kappa shape index (κ2) is 6.44. The highest BCUT2D eigenvalue weighted by molar-refractivity contribution is 7.11. The molecule has 1 aliphatic rings. The van der Waals surface area contributed by atoms with Gasteiger partial charge in [0.25, 0.3) is 0 Å². The van der Waals surface area contributed by atoms with Crippen LogP contribution in [0.25, 0.3) is 0 Å². The molecule has 0 fully saturated rings. The lowest BCUT2D eigenvalue weighted by atomic mass is 10.1. The minimum Gasteiger partial charge on any atom is -0.486 e. The van der Waals surface area contributed by atoms with E-state index in [4.69, 9.17) is 4.74 Å². The van der Waals surface area contributed by atoms with Gasteiger partial charge in [0.05, 0.1) is 0 Å². The highest BCUT2D eigenvalue weighted by atomic mass is 32.1. The molecule has 22 heavy (non-hydrogen) atoms. The number of anilines is 1. The van der Waals surface area contributed by atoms with Gasteiger partial charge in [-0.3, -0.25) is 4.79 Å². The Labute approximate surface area is 133 Å². The second-order valence-electron chi connectivity index (χ2n) is 5.70. The molecule has 116 valence electrons. The molecule has 1 N–H and O–H groups in total. The van der Waals surface area contributed by atoms with Crippen LogP contribution in [0.3, 0.4) is 0 Å². The topological polar surface area (TPSA) is 64.1 Å². The summed E-state index contributed by atoms with van der Waals surface area (Å²) >= 11 is 1.59. The summed E-state index contributed by atoms with van der Waals surface area (Å²) in [5.74, 6) is 1.28. The Hall–Kier alpha value is -1.95. The van der Waals surface area contributed by atoms with E-state index in [0.717, 1.165) is 39.9 Å². The number of nitrogens with one attached hydrogen (secondary N) is 1. The smallest absolute Gasteiger partial charge is 0.224 e. The molecular formula is C16H19N3O2S. The van der Waals surface area contributed by atoms with Crippen LogP contribution in [0.2, 0.25) is 0 Å². The number of carbonyl (C=O) groups is 1. The average molecular weight is 317 g/mol. The van der Waals surface area contributed by atoms with E-state index < -0.39 is 0 Å². The van der Waals surface area contributed by atoms with Crippen molar-refractivity contribution >= 4 is 22.9 Å². The van der Waals surface area contributed by atoms with E-state index in [2.05, 4.69) is 29.4 Å². The largest absolute Gasteiger partial charge is 0.486 e. The average Bonchev–Trinajstić information content (AvgIpc) is 2.88. The quantitative estimate of drug-likeness (QED) is 0.937. The molecule has 0 atom stereocenters. The van der Waals surface area contributed by atoms with Crippen LogP contribution < -0.4 is 10.1 Å².